The summed E-state index contributed by atoms with van der Waals surface area (Å²) >= 11 is 5.70. The molecule has 3 nitrogen and oxygen atoms in total. The van der Waals surface area contributed by atoms with E-state index in [0.29, 0.717) is 11.1 Å². The van der Waals surface area contributed by atoms with Gasteiger partial charge in [0.05, 0.1) is 16.3 Å². The lowest BCUT2D eigenvalue weighted by atomic mass is 10.1. The molecule has 2 amide bonds. The van der Waals surface area contributed by atoms with Gasteiger partial charge in [0.15, 0.2) is 0 Å². The second-order valence-electron chi connectivity index (χ2n) is 4.50. The zero-order chi connectivity index (χ0) is 15.0. The number of halogens is 2. The number of anilines is 1. The van der Waals surface area contributed by atoms with Crippen molar-refractivity contribution in [3.63, 3.8) is 0 Å². The molecule has 1 aliphatic rings. The van der Waals surface area contributed by atoms with Crippen molar-refractivity contribution in [2.24, 2.45) is 0 Å². The van der Waals surface area contributed by atoms with Gasteiger partial charge in [-0.25, -0.2) is 9.29 Å². The summed E-state index contributed by atoms with van der Waals surface area (Å²) in [6, 6.07) is 12.6. The number of carbonyl (C=O) groups is 2. The molecule has 1 heterocycles. The normalized spacial score (nSPS) is 14.6. The van der Waals surface area contributed by atoms with Crippen molar-refractivity contribution < 1.29 is 14.0 Å². The largest absolute Gasteiger partial charge is 0.269 e. The fourth-order valence-electron chi connectivity index (χ4n) is 2.16. The Bertz CT molecular complexity index is 771. The molecule has 21 heavy (non-hydrogen) atoms. The Labute approximate surface area is 125 Å². The Morgan fingerprint density at radius 1 is 1.00 bits per heavy atom. The highest BCUT2D eigenvalue weighted by molar-refractivity contribution is 6.43. The first-order valence-corrected chi connectivity index (χ1v) is 6.56. The van der Waals surface area contributed by atoms with E-state index in [-0.39, 0.29) is 10.7 Å². The SMILES string of the molecule is O=C1C=C(c2ccccc2)C(=O)N1c1ccc(F)c(Cl)c1. The van der Waals surface area contributed by atoms with E-state index < -0.39 is 17.6 Å². The molecule has 0 aliphatic carbocycles. The van der Waals surface area contributed by atoms with Crippen LogP contribution in [0.4, 0.5) is 10.1 Å². The minimum absolute atomic E-state index is 0.138. The summed E-state index contributed by atoms with van der Waals surface area (Å²) in [7, 11) is 0. The van der Waals surface area contributed by atoms with E-state index in [1.54, 1.807) is 24.3 Å². The van der Waals surface area contributed by atoms with Crippen LogP contribution in [-0.2, 0) is 9.59 Å². The standard InChI is InChI=1S/C16H9ClFNO2/c17-13-8-11(6-7-14(13)18)19-15(20)9-12(16(19)21)10-4-2-1-3-5-10/h1-9H. The molecule has 0 spiro atoms. The molecule has 0 aromatic heterocycles. The van der Waals surface area contributed by atoms with Crippen LogP contribution in [-0.4, -0.2) is 11.8 Å². The van der Waals surface area contributed by atoms with Gasteiger partial charge < -0.3 is 0 Å². The first-order valence-electron chi connectivity index (χ1n) is 6.18. The van der Waals surface area contributed by atoms with E-state index in [9.17, 15) is 14.0 Å². The number of carbonyl (C=O) groups excluding carboxylic acids is 2. The third-order valence-electron chi connectivity index (χ3n) is 3.17. The first kappa shape index (κ1) is 13.5. The smallest absolute Gasteiger partial charge is 0.266 e. The number of benzene rings is 2. The minimum atomic E-state index is -0.601. The maximum Gasteiger partial charge on any atom is 0.266 e. The Kier molecular flexibility index (Phi) is 3.31. The highest BCUT2D eigenvalue weighted by Gasteiger charge is 2.33. The van der Waals surface area contributed by atoms with Crippen molar-refractivity contribution in [1.29, 1.82) is 0 Å². The Morgan fingerprint density at radius 2 is 1.71 bits per heavy atom. The molecule has 0 saturated carbocycles. The first-order chi connectivity index (χ1) is 10.1. The van der Waals surface area contributed by atoms with Crippen molar-refractivity contribution >= 4 is 34.7 Å². The van der Waals surface area contributed by atoms with Gasteiger partial charge in [0.25, 0.3) is 11.8 Å². The van der Waals surface area contributed by atoms with Gasteiger partial charge in [-0.1, -0.05) is 41.9 Å². The lowest BCUT2D eigenvalue weighted by Gasteiger charge is -2.15. The van der Waals surface area contributed by atoms with Crippen LogP contribution in [0.3, 0.4) is 0 Å². The maximum atomic E-state index is 13.2. The molecule has 0 unspecified atom stereocenters. The van der Waals surface area contributed by atoms with Gasteiger partial charge >= 0.3 is 0 Å². The molecule has 104 valence electrons. The van der Waals surface area contributed by atoms with Crippen molar-refractivity contribution in [3.05, 3.63) is 71.0 Å². The molecule has 2 aromatic rings. The van der Waals surface area contributed by atoms with E-state index in [4.69, 9.17) is 11.6 Å². The molecule has 0 fully saturated rings. The van der Waals surface area contributed by atoms with Crippen LogP contribution in [0.5, 0.6) is 0 Å². The summed E-state index contributed by atoms with van der Waals surface area (Å²) in [6.45, 7) is 0. The van der Waals surface area contributed by atoms with Crippen LogP contribution in [0.15, 0.2) is 54.6 Å². The zero-order valence-electron chi connectivity index (χ0n) is 10.7. The van der Waals surface area contributed by atoms with Crippen LogP contribution < -0.4 is 4.90 Å². The molecule has 0 N–H and O–H groups in total. The minimum Gasteiger partial charge on any atom is -0.269 e. The quantitative estimate of drug-likeness (QED) is 0.797. The number of hydrogen-bond acceptors (Lipinski definition) is 2. The molecule has 0 atom stereocenters. The second-order valence-corrected chi connectivity index (χ2v) is 4.91. The van der Waals surface area contributed by atoms with Gasteiger partial charge in [-0.15, -0.1) is 0 Å². The monoisotopic (exact) mass is 301 g/mol. The molecular formula is C16H9ClFNO2. The van der Waals surface area contributed by atoms with Gasteiger partial charge in [-0.2, -0.15) is 0 Å². The van der Waals surface area contributed by atoms with E-state index in [0.717, 1.165) is 11.0 Å². The van der Waals surface area contributed by atoms with Crippen LogP contribution in [0.2, 0.25) is 5.02 Å². The van der Waals surface area contributed by atoms with Crippen molar-refractivity contribution in [3.8, 4) is 0 Å². The third-order valence-corrected chi connectivity index (χ3v) is 3.46. The lowest BCUT2D eigenvalue weighted by molar-refractivity contribution is -0.119. The summed E-state index contributed by atoms with van der Waals surface area (Å²) < 4.78 is 13.2. The summed E-state index contributed by atoms with van der Waals surface area (Å²) in [5.74, 6) is -1.52. The van der Waals surface area contributed by atoms with Crippen molar-refractivity contribution in [1.82, 2.24) is 0 Å². The average Bonchev–Trinajstić information content (AvgIpc) is 2.78. The number of rotatable bonds is 2. The topological polar surface area (TPSA) is 37.4 Å². The molecule has 1 aliphatic heterocycles. The van der Waals surface area contributed by atoms with Crippen LogP contribution in [0, 0.1) is 5.82 Å². The second kappa shape index (κ2) is 5.14. The molecule has 2 aromatic carbocycles. The summed E-state index contributed by atoms with van der Waals surface area (Å²) in [5, 5.41) is -0.138. The number of hydrogen-bond donors (Lipinski definition) is 0. The predicted octanol–water partition coefficient (Wildman–Crippen LogP) is 3.44. The van der Waals surface area contributed by atoms with Gasteiger partial charge in [0.2, 0.25) is 0 Å². The lowest BCUT2D eigenvalue weighted by Crippen LogP contribution is -2.30. The Hall–Kier alpha value is -2.46. The maximum absolute atomic E-state index is 13.2. The van der Waals surface area contributed by atoms with E-state index >= 15 is 0 Å². The van der Waals surface area contributed by atoms with E-state index in [1.165, 1.54) is 18.2 Å². The highest BCUT2D eigenvalue weighted by Crippen LogP contribution is 2.30. The molecule has 3 rings (SSSR count). The van der Waals surface area contributed by atoms with E-state index in [1.807, 2.05) is 6.07 Å². The third kappa shape index (κ3) is 2.34. The fourth-order valence-corrected chi connectivity index (χ4v) is 2.34. The van der Waals surface area contributed by atoms with Gasteiger partial charge in [0, 0.05) is 6.08 Å². The highest BCUT2D eigenvalue weighted by atomic mass is 35.5. The number of imide groups is 1. The van der Waals surface area contributed by atoms with E-state index in [2.05, 4.69) is 0 Å². The molecule has 5 heteroatoms. The van der Waals surface area contributed by atoms with Gasteiger partial charge in [0.1, 0.15) is 5.82 Å². The average molecular weight is 302 g/mol. The van der Waals surface area contributed by atoms with Crippen LogP contribution >= 0.6 is 11.6 Å². The number of nitrogens with zero attached hydrogens (tertiary/aromatic N) is 1. The van der Waals surface area contributed by atoms with Crippen LogP contribution in [0.25, 0.3) is 5.57 Å². The van der Waals surface area contributed by atoms with Crippen molar-refractivity contribution in [2.45, 2.75) is 0 Å². The summed E-state index contributed by atoms with van der Waals surface area (Å²) in [4.78, 5) is 25.4. The molecule has 0 radical (unpaired) electrons. The molecule has 0 saturated heterocycles. The molecule has 0 bridgehead atoms. The zero-order valence-corrected chi connectivity index (χ0v) is 11.5. The number of amides is 2. The van der Waals surface area contributed by atoms with Crippen molar-refractivity contribution in [2.75, 3.05) is 4.90 Å². The van der Waals surface area contributed by atoms with Gasteiger partial charge in [-0.05, 0) is 23.8 Å². The Morgan fingerprint density at radius 3 is 2.38 bits per heavy atom. The van der Waals surface area contributed by atoms with Gasteiger partial charge in [-0.3, -0.25) is 9.59 Å². The summed E-state index contributed by atoms with van der Waals surface area (Å²) in [5.41, 5.74) is 1.21. The predicted molar refractivity (Wildman–Crippen MR) is 78.3 cm³/mol. The Balaban J connectivity index is 1.99. The summed E-state index contributed by atoms with van der Waals surface area (Å²) in [6.07, 6.45) is 1.27. The van der Waals surface area contributed by atoms with Crippen LogP contribution in [0.1, 0.15) is 5.56 Å². The molecular weight excluding hydrogens is 293 g/mol. The fraction of sp³-hybridized carbons (Fsp3) is 0.